The van der Waals surface area contributed by atoms with Gasteiger partial charge in [0.05, 0.1) is 23.3 Å². The van der Waals surface area contributed by atoms with Crippen molar-refractivity contribution in [3.8, 4) is 22.8 Å². The SMILES string of the molecule is COc1ccc(S(=O)(=O)NNC(=O)c2ccc(CNc3nc(-c4ccccc4)n(-c4cccc(C(F)(F)F)c4)n3)cc2)cc1. The highest BCUT2D eigenvalue weighted by Crippen LogP contribution is 2.31. The summed E-state index contributed by atoms with van der Waals surface area (Å²) >= 11 is 0. The zero-order chi connectivity index (χ0) is 31.3. The van der Waals surface area contributed by atoms with Gasteiger partial charge in [-0.05, 0) is 60.2 Å². The van der Waals surface area contributed by atoms with Gasteiger partial charge >= 0.3 is 6.18 Å². The van der Waals surface area contributed by atoms with Gasteiger partial charge in [0, 0.05) is 17.7 Å². The van der Waals surface area contributed by atoms with Gasteiger partial charge in [0.15, 0.2) is 5.82 Å². The monoisotopic (exact) mass is 622 g/mol. The molecule has 10 nitrogen and oxygen atoms in total. The van der Waals surface area contributed by atoms with Gasteiger partial charge in [-0.2, -0.15) is 18.2 Å². The number of hydrazine groups is 1. The summed E-state index contributed by atoms with van der Waals surface area (Å²) in [6, 6.07) is 25.7. The fourth-order valence-electron chi connectivity index (χ4n) is 4.11. The van der Waals surface area contributed by atoms with Crippen LogP contribution < -0.4 is 20.3 Å². The summed E-state index contributed by atoms with van der Waals surface area (Å²) in [7, 11) is -2.55. The number of anilines is 1. The lowest BCUT2D eigenvalue weighted by atomic mass is 10.1. The molecule has 5 aromatic rings. The Morgan fingerprint density at radius 1 is 0.909 bits per heavy atom. The van der Waals surface area contributed by atoms with Gasteiger partial charge in [0.2, 0.25) is 5.95 Å². The van der Waals surface area contributed by atoms with E-state index < -0.39 is 27.7 Å². The van der Waals surface area contributed by atoms with Crippen molar-refractivity contribution < 1.29 is 31.1 Å². The minimum Gasteiger partial charge on any atom is -0.497 e. The second-order valence-electron chi connectivity index (χ2n) is 9.37. The summed E-state index contributed by atoms with van der Waals surface area (Å²) in [5, 5.41) is 7.47. The van der Waals surface area contributed by atoms with Crippen LogP contribution in [0, 0.1) is 0 Å². The highest BCUT2D eigenvalue weighted by Gasteiger charge is 2.31. The highest BCUT2D eigenvalue weighted by atomic mass is 32.2. The summed E-state index contributed by atoms with van der Waals surface area (Å²) in [5.41, 5.74) is 3.15. The number of nitrogens with zero attached hydrogens (tertiary/aromatic N) is 3. The lowest BCUT2D eigenvalue weighted by Crippen LogP contribution is -2.41. The number of benzene rings is 4. The van der Waals surface area contributed by atoms with E-state index in [0.29, 0.717) is 17.1 Å². The number of hydrogen-bond acceptors (Lipinski definition) is 7. The first-order chi connectivity index (χ1) is 21.0. The lowest BCUT2D eigenvalue weighted by Gasteiger charge is -2.10. The topological polar surface area (TPSA) is 127 Å². The molecule has 0 aliphatic heterocycles. The van der Waals surface area contributed by atoms with Crippen molar-refractivity contribution in [2.75, 3.05) is 12.4 Å². The number of carbonyl (C=O) groups is 1. The third-order valence-corrected chi connectivity index (χ3v) is 7.66. The number of rotatable bonds is 10. The zero-order valence-electron chi connectivity index (χ0n) is 23.0. The summed E-state index contributed by atoms with van der Waals surface area (Å²) in [6.07, 6.45) is -4.52. The Kier molecular flexibility index (Phi) is 8.64. The second kappa shape index (κ2) is 12.6. The first kappa shape index (κ1) is 30.3. The Bertz CT molecular complexity index is 1860. The van der Waals surface area contributed by atoms with Crippen molar-refractivity contribution in [1.29, 1.82) is 0 Å². The number of amides is 1. The molecule has 0 aliphatic carbocycles. The Balaban J connectivity index is 1.27. The number of halogens is 3. The molecule has 1 amide bonds. The Morgan fingerprint density at radius 2 is 1.61 bits per heavy atom. The van der Waals surface area contributed by atoms with E-state index in [4.69, 9.17) is 4.74 Å². The molecule has 0 saturated heterocycles. The third-order valence-electron chi connectivity index (χ3n) is 6.39. The predicted octanol–water partition coefficient (Wildman–Crippen LogP) is 5.20. The number of aromatic nitrogens is 3. The number of sulfonamides is 1. The van der Waals surface area contributed by atoms with Crippen molar-refractivity contribution in [2.24, 2.45) is 0 Å². The molecule has 14 heteroatoms. The molecule has 0 spiro atoms. The van der Waals surface area contributed by atoms with Gasteiger partial charge in [0.1, 0.15) is 5.75 Å². The largest absolute Gasteiger partial charge is 0.497 e. The van der Waals surface area contributed by atoms with E-state index in [1.807, 2.05) is 6.07 Å². The standard InChI is InChI=1S/C30H25F3N6O4S/c1-43-25-14-16-26(17-15-25)44(41,42)38-36-28(40)22-12-10-20(11-13-22)19-34-29-35-27(21-6-3-2-4-7-21)39(37-29)24-9-5-8-23(18-24)30(31,32)33/h2-18,38H,19H2,1H3,(H,34,37)(H,36,40). The number of hydrogen-bond donors (Lipinski definition) is 3. The van der Waals surface area contributed by atoms with Gasteiger partial charge in [-0.15, -0.1) is 9.93 Å². The van der Waals surface area contributed by atoms with E-state index in [1.54, 1.807) is 36.4 Å². The Hall–Kier alpha value is -5.21. The first-order valence-corrected chi connectivity index (χ1v) is 14.5. The first-order valence-electron chi connectivity index (χ1n) is 13.0. The lowest BCUT2D eigenvalue weighted by molar-refractivity contribution is -0.137. The van der Waals surface area contributed by atoms with Crippen LogP contribution in [0.4, 0.5) is 19.1 Å². The molecule has 0 saturated carbocycles. The smallest absolute Gasteiger partial charge is 0.416 e. The number of nitrogens with one attached hydrogen (secondary N) is 3. The van der Waals surface area contributed by atoms with Crippen LogP contribution in [-0.2, 0) is 22.7 Å². The normalized spacial score (nSPS) is 11.6. The minimum atomic E-state index is -4.52. The molecule has 226 valence electrons. The summed E-state index contributed by atoms with van der Waals surface area (Å²) in [4.78, 5) is 19.1. The number of methoxy groups -OCH3 is 1. The van der Waals surface area contributed by atoms with Crippen molar-refractivity contribution >= 4 is 21.9 Å². The molecule has 0 unspecified atom stereocenters. The molecule has 1 heterocycles. The maximum Gasteiger partial charge on any atom is 0.416 e. The minimum absolute atomic E-state index is 0.0560. The van der Waals surface area contributed by atoms with Gasteiger partial charge in [-0.25, -0.2) is 13.1 Å². The molecule has 0 aliphatic rings. The number of alkyl halides is 3. The summed E-state index contributed by atoms with van der Waals surface area (Å²) in [6.45, 7) is 0.229. The van der Waals surface area contributed by atoms with Gasteiger partial charge in [-0.1, -0.05) is 48.5 Å². The van der Waals surface area contributed by atoms with Crippen LogP contribution in [0.1, 0.15) is 21.5 Å². The van der Waals surface area contributed by atoms with Crippen LogP contribution in [0.5, 0.6) is 5.75 Å². The second-order valence-corrected chi connectivity index (χ2v) is 11.1. The molecule has 0 fully saturated rings. The number of ether oxygens (including phenoxy) is 1. The quantitative estimate of drug-likeness (QED) is 0.183. The molecule has 4 aromatic carbocycles. The van der Waals surface area contributed by atoms with Crippen molar-refractivity contribution in [3.63, 3.8) is 0 Å². The van der Waals surface area contributed by atoms with E-state index in [1.165, 1.54) is 60.3 Å². The molecule has 44 heavy (non-hydrogen) atoms. The summed E-state index contributed by atoms with van der Waals surface area (Å²) < 4.78 is 71.4. The molecule has 0 radical (unpaired) electrons. The van der Waals surface area contributed by atoms with Crippen molar-refractivity contribution in [2.45, 2.75) is 17.6 Å². The molecule has 3 N–H and O–H groups in total. The van der Waals surface area contributed by atoms with Gasteiger partial charge in [-0.3, -0.25) is 10.2 Å². The van der Waals surface area contributed by atoms with Crippen molar-refractivity contribution in [1.82, 2.24) is 25.0 Å². The number of carbonyl (C=O) groups excluding carboxylic acids is 1. The predicted molar refractivity (Wildman–Crippen MR) is 156 cm³/mol. The Morgan fingerprint density at radius 3 is 2.27 bits per heavy atom. The van der Waals surface area contributed by atoms with Gasteiger partial charge in [0.25, 0.3) is 15.9 Å². The molecule has 0 atom stereocenters. The van der Waals surface area contributed by atoms with E-state index in [0.717, 1.165) is 17.7 Å². The average Bonchev–Trinajstić information content (AvgIpc) is 3.47. The van der Waals surface area contributed by atoms with Crippen molar-refractivity contribution in [3.05, 3.63) is 120 Å². The highest BCUT2D eigenvalue weighted by molar-refractivity contribution is 7.89. The molecular formula is C30H25F3N6O4S. The maximum atomic E-state index is 13.4. The third kappa shape index (κ3) is 7.04. The fourth-order valence-corrected chi connectivity index (χ4v) is 4.95. The van der Waals surface area contributed by atoms with Crippen LogP contribution >= 0.6 is 0 Å². The van der Waals surface area contributed by atoms with Crippen LogP contribution in [0.15, 0.2) is 108 Å². The average molecular weight is 623 g/mol. The summed E-state index contributed by atoms with van der Waals surface area (Å²) in [5.74, 6) is 0.335. The van der Waals surface area contributed by atoms with E-state index in [-0.39, 0.29) is 28.6 Å². The Labute approximate surface area is 250 Å². The molecule has 5 rings (SSSR count). The zero-order valence-corrected chi connectivity index (χ0v) is 23.9. The van der Waals surface area contributed by atoms with Crippen LogP contribution in [-0.4, -0.2) is 36.2 Å². The van der Waals surface area contributed by atoms with E-state index in [9.17, 15) is 26.4 Å². The van der Waals surface area contributed by atoms with Crippen LogP contribution in [0.2, 0.25) is 0 Å². The molecular weight excluding hydrogens is 597 g/mol. The van der Waals surface area contributed by atoms with E-state index in [2.05, 4.69) is 25.7 Å². The maximum absolute atomic E-state index is 13.4. The van der Waals surface area contributed by atoms with Gasteiger partial charge < -0.3 is 10.1 Å². The molecule has 1 aromatic heterocycles. The molecule has 0 bridgehead atoms. The van der Waals surface area contributed by atoms with Crippen LogP contribution in [0.25, 0.3) is 17.1 Å². The van der Waals surface area contributed by atoms with E-state index >= 15 is 0 Å². The van der Waals surface area contributed by atoms with Crippen LogP contribution in [0.3, 0.4) is 0 Å². The fraction of sp³-hybridized carbons (Fsp3) is 0.100.